The Bertz CT molecular complexity index is 956. The molecule has 0 aliphatic heterocycles. The van der Waals surface area contributed by atoms with E-state index in [-0.39, 0.29) is 5.56 Å². The molecule has 0 aliphatic rings. The Morgan fingerprint density at radius 3 is 2.52 bits per heavy atom. The molecule has 126 valence electrons. The number of aromatic carboxylic acids is 1. The number of hydrogen-bond acceptors (Lipinski definition) is 3. The minimum atomic E-state index is -1.20. The molecule has 0 aliphatic carbocycles. The Morgan fingerprint density at radius 1 is 1.12 bits per heavy atom. The van der Waals surface area contributed by atoms with Crippen LogP contribution in [0.2, 0.25) is 0 Å². The molecule has 3 rings (SSSR count). The number of carbonyl (C=O) groups is 1. The fraction of sp³-hybridized carbons (Fsp3) is 0.100. The van der Waals surface area contributed by atoms with Crippen molar-refractivity contribution in [1.29, 1.82) is 0 Å². The van der Waals surface area contributed by atoms with Crippen LogP contribution in [-0.2, 0) is 0 Å². The van der Waals surface area contributed by atoms with E-state index in [0.717, 1.165) is 27.1 Å². The number of aryl methyl sites for hydroxylation is 1. The predicted octanol–water partition coefficient (Wildman–Crippen LogP) is 3.97. The van der Waals surface area contributed by atoms with Gasteiger partial charge in [0.1, 0.15) is 0 Å². The molecular weight excluding hydrogens is 380 g/mol. The van der Waals surface area contributed by atoms with Crippen molar-refractivity contribution in [2.45, 2.75) is 13.8 Å². The number of aliphatic imine (C=N–C) groups is 1. The Kier molecular flexibility index (Phi) is 4.86. The fourth-order valence-electron chi connectivity index (χ4n) is 2.76. The van der Waals surface area contributed by atoms with Crippen molar-refractivity contribution in [3.63, 3.8) is 0 Å². The second kappa shape index (κ2) is 7.07. The van der Waals surface area contributed by atoms with E-state index in [1.54, 1.807) is 18.3 Å². The second-order valence-electron chi connectivity index (χ2n) is 5.73. The number of halogens is 1. The molecule has 5 heteroatoms. The Balaban J connectivity index is 1.94. The van der Waals surface area contributed by atoms with E-state index in [1.807, 2.05) is 38.1 Å². The molecular formula is C20H16BrN2O2-. The largest absolute Gasteiger partial charge is 0.545 e. The standard InChI is InChI=1S/C20H17BrN2O2/c1-13-10-16(12-22-18-5-3-4-15(11-18)20(24)25)14(2)23(13)19-8-6-17(21)7-9-19/h3-12H,1-2H3,(H,24,25)/p-1. The highest BCUT2D eigenvalue weighted by atomic mass is 79.9. The summed E-state index contributed by atoms with van der Waals surface area (Å²) < 4.78 is 3.19. The molecule has 1 heterocycles. The summed E-state index contributed by atoms with van der Waals surface area (Å²) in [7, 11) is 0. The number of hydrogen-bond donors (Lipinski definition) is 0. The first kappa shape index (κ1) is 17.2. The average Bonchev–Trinajstić information content (AvgIpc) is 2.88. The quantitative estimate of drug-likeness (QED) is 0.627. The molecule has 0 atom stereocenters. The van der Waals surface area contributed by atoms with E-state index in [2.05, 4.69) is 31.6 Å². The van der Waals surface area contributed by atoms with Crippen molar-refractivity contribution >= 4 is 33.8 Å². The van der Waals surface area contributed by atoms with Crippen LogP contribution in [0.1, 0.15) is 27.3 Å². The van der Waals surface area contributed by atoms with Crippen LogP contribution in [-0.4, -0.2) is 16.8 Å². The van der Waals surface area contributed by atoms with Gasteiger partial charge < -0.3 is 14.5 Å². The van der Waals surface area contributed by atoms with Crippen molar-refractivity contribution in [3.8, 4) is 5.69 Å². The Labute approximate surface area is 154 Å². The van der Waals surface area contributed by atoms with Gasteiger partial charge in [-0.05, 0) is 61.9 Å². The molecule has 4 nitrogen and oxygen atoms in total. The van der Waals surface area contributed by atoms with Crippen LogP contribution in [0.5, 0.6) is 0 Å². The molecule has 0 fully saturated rings. The van der Waals surface area contributed by atoms with Crippen LogP contribution in [0.25, 0.3) is 5.69 Å². The van der Waals surface area contributed by atoms with E-state index < -0.39 is 5.97 Å². The van der Waals surface area contributed by atoms with E-state index in [1.165, 1.54) is 12.1 Å². The van der Waals surface area contributed by atoms with Crippen LogP contribution in [0, 0.1) is 13.8 Å². The van der Waals surface area contributed by atoms with Gasteiger partial charge in [0.05, 0.1) is 11.7 Å². The number of rotatable bonds is 4. The highest BCUT2D eigenvalue weighted by molar-refractivity contribution is 9.10. The highest BCUT2D eigenvalue weighted by Crippen LogP contribution is 2.22. The lowest BCUT2D eigenvalue weighted by Gasteiger charge is -2.09. The number of aromatic nitrogens is 1. The van der Waals surface area contributed by atoms with Crippen molar-refractivity contribution in [2.24, 2.45) is 4.99 Å². The average molecular weight is 396 g/mol. The van der Waals surface area contributed by atoms with Gasteiger partial charge in [0.2, 0.25) is 0 Å². The van der Waals surface area contributed by atoms with Crippen LogP contribution < -0.4 is 5.11 Å². The smallest absolute Gasteiger partial charge is 0.0716 e. The number of benzene rings is 2. The van der Waals surface area contributed by atoms with Crippen molar-refractivity contribution in [2.75, 3.05) is 0 Å². The van der Waals surface area contributed by atoms with Crippen molar-refractivity contribution in [3.05, 3.63) is 81.6 Å². The number of carbonyl (C=O) groups excluding carboxylic acids is 1. The van der Waals surface area contributed by atoms with Gasteiger partial charge in [0, 0.05) is 33.3 Å². The number of carboxylic acid groups (broad SMARTS) is 1. The monoisotopic (exact) mass is 395 g/mol. The van der Waals surface area contributed by atoms with Gasteiger partial charge in [-0.25, -0.2) is 0 Å². The van der Waals surface area contributed by atoms with Gasteiger partial charge in [-0.1, -0.05) is 28.1 Å². The lowest BCUT2D eigenvalue weighted by molar-refractivity contribution is -0.255. The molecule has 0 bridgehead atoms. The Hall–Kier alpha value is -2.66. The zero-order valence-corrected chi connectivity index (χ0v) is 15.4. The molecule has 0 saturated carbocycles. The normalized spacial score (nSPS) is 11.2. The summed E-state index contributed by atoms with van der Waals surface area (Å²) in [6, 6.07) is 16.6. The number of nitrogens with zero attached hydrogens (tertiary/aromatic N) is 2. The maximum absolute atomic E-state index is 10.9. The topological polar surface area (TPSA) is 57.4 Å². The fourth-order valence-corrected chi connectivity index (χ4v) is 3.03. The van der Waals surface area contributed by atoms with Crippen LogP contribution in [0.4, 0.5) is 5.69 Å². The minimum absolute atomic E-state index is 0.120. The van der Waals surface area contributed by atoms with Gasteiger partial charge in [-0.15, -0.1) is 0 Å². The predicted molar refractivity (Wildman–Crippen MR) is 101 cm³/mol. The van der Waals surface area contributed by atoms with Gasteiger partial charge in [-0.3, -0.25) is 4.99 Å². The minimum Gasteiger partial charge on any atom is -0.545 e. The van der Waals surface area contributed by atoms with Gasteiger partial charge in [0.25, 0.3) is 0 Å². The summed E-state index contributed by atoms with van der Waals surface area (Å²) in [4.78, 5) is 15.3. The van der Waals surface area contributed by atoms with E-state index in [0.29, 0.717) is 5.69 Å². The van der Waals surface area contributed by atoms with Crippen molar-refractivity contribution < 1.29 is 9.90 Å². The van der Waals surface area contributed by atoms with E-state index in [4.69, 9.17) is 0 Å². The lowest BCUT2D eigenvalue weighted by Crippen LogP contribution is -2.21. The molecule has 0 N–H and O–H groups in total. The van der Waals surface area contributed by atoms with Gasteiger partial charge >= 0.3 is 0 Å². The maximum atomic E-state index is 10.9. The molecule has 2 aromatic carbocycles. The third kappa shape index (κ3) is 3.72. The second-order valence-corrected chi connectivity index (χ2v) is 6.65. The molecule has 0 spiro atoms. The van der Waals surface area contributed by atoms with Gasteiger partial charge in [-0.2, -0.15) is 0 Å². The zero-order chi connectivity index (χ0) is 18.0. The van der Waals surface area contributed by atoms with Crippen LogP contribution in [0.15, 0.2) is 64.1 Å². The molecule has 0 saturated heterocycles. The number of carboxylic acids is 1. The first-order valence-electron chi connectivity index (χ1n) is 7.76. The van der Waals surface area contributed by atoms with E-state index >= 15 is 0 Å². The lowest BCUT2D eigenvalue weighted by atomic mass is 10.2. The summed E-state index contributed by atoms with van der Waals surface area (Å²) in [5.74, 6) is -1.20. The first-order valence-corrected chi connectivity index (χ1v) is 8.55. The zero-order valence-electron chi connectivity index (χ0n) is 13.9. The summed E-state index contributed by atoms with van der Waals surface area (Å²) in [6.45, 7) is 4.08. The molecule has 25 heavy (non-hydrogen) atoms. The highest BCUT2D eigenvalue weighted by Gasteiger charge is 2.09. The molecule has 3 aromatic rings. The van der Waals surface area contributed by atoms with Crippen molar-refractivity contribution in [1.82, 2.24) is 4.57 Å². The van der Waals surface area contributed by atoms with Gasteiger partial charge in [0.15, 0.2) is 0 Å². The molecule has 0 radical (unpaired) electrons. The summed E-state index contributed by atoms with van der Waals surface area (Å²) >= 11 is 3.45. The maximum Gasteiger partial charge on any atom is 0.0716 e. The SMILES string of the molecule is Cc1cc(C=Nc2cccc(C(=O)[O-])c2)c(C)n1-c1ccc(Br)cc1. The van der Waals surface area contributed by atoms with E-state index in [9.17, 15) is 9.90 Å². The van der Waals surface area contributed by atoms with Crippen LogP contribution in [0.3, 0.4) is 0 Å². The summed E-state index contributed by atoms with van der Waals surface area (Å²) in [6.07, 6.45) is 1.76. The first-order chi connectivity index (χ1) is 12.0. The molecule has 0 amide bonds. The third-order valence-electron chi connectivity index (χ3n) is 3.99. The Morgan fingerprint density at radius 2 is 1.84 bits per heavy atom. The summed E-state index contributed by atoms with van der Waals surface area (Å²) in [5.41, 5.74) is 4.94. The third-order valence-corrected chi connectivity index (χ3v) is 4.52. The van der Waals surface area contributed by atoms with Crippen LogP contribution >= 0.6 is 15.9 Å². The summed E-state index contributed by atoms with van der Waals surface area (Å²) in [5, 5.41) is 10.9. The molecule has 0 unspecified atom stereocenters. The molecule has 1 aromatic heterocycles.